The first-order valence-electron chi connectivity index (χ1n) is 9.94. The number of nitrogens with one attached hydrogen (secondary N) is 1. The molecule has 1 fully saturated rings. The van der Waals surface area contributed by atoms with Crippen molar-refractivity contribution >= 4 is 35.5 Å². The molecule has 0 bridgehead atoms. The zero-order chi connectivity index (χ0) is 22.6. The van der Waals surface area contributed by atoms with E-state index in [0.717, 1.165) is 4.90 Å². The Morgan fingerprint density at radius 1 is 0.933 bits per heavy atom. The van der Waals surface area contributed by atoms with Crippen LogP contribution in [0.5, 0.6) is 0 Å². The highest BCUT2D eigenvalue weighted by Gasteiger charge is 2.34. The lowest BCUT2D eigenvalue weighted by molar-refractivity contribution is -0.200. The van der Waals surface area contributed by atoms with Gasteiger partial charge in [-0.15, -0.1) is 5.06 Å². The smallest absolute Gasteiger partial charge is 0.336 e. The van der Waals surface area contributed by atoms with E-state index in [9.17, 15) is 28.8 Å². The topological polar surface area (TPSA) is 130 Å². The van der Waals surface area contributed by atoms with Crippen LogP contribution in [0.1, 0.15) is 53.4 Å². The van der Waals surface area contributed by atoms with Gasteiger partial charge in [-0.3, -0.25) is 28.9 Å². The molecule has 2 rings (SSSR count). The van der Waals surface area contributed by atoms with Gasteiger partial charge in [0.1, 0.15) is 0 Å². The van der Waals surface area contributed by atoms with Crippen LogP contribution in [-0.4, -0.2) is 57.6 Å². The second-order valence-electron chi connectivity index (χ2n) is 7.90. The van der Waals surface area contributed by atoms with Crippen LogP contribution in [0.15, 0.2) is 12.2 Å². The minimum Gasteiger partial charge on any atom is -0.353 e. The second kappa shape index (κ2) is 9.64. The Hall–Kier alpha value is -3.04. The maximum Gasteiger partial charge on any atom is 0.336 e. The summed E-state index contributed by atoms with van der Waals surface area (Å²) >= 11 is 0. The maximum atomic E-state index is 12.5. The number of hydrogen-bond donors (Lipinski definition) is 1. The van der Waals surface area contributed by atoms with Gasteiger partial charge in [0, 0.05) is 43.0 Å². The summed E-state index contributed by atoms with van der Waals surface area (Å²) in [6, 6.07) is -0.806. The zero-order valence-electron chi connectivity index (χ0n) is 17.5. The van der Waals surface area contributed by atoms with Gasteiger partial charge in [0.25, 0.3) is 23.6 Å². The summed E-state index contributed by atoms with van der Waals surface area (Å²) in [5.41, 5.74) is 0. The molecule has 5 amide bonds. The van der Waals surface area contributed by atoms with Crippen LogP contribution in [0.25, 0.3) is 0 Å². The predicted octanol–water partition coefficient (Wildman–Crippen LogP) is 0.464. The molecule has 30 heavy (non-hydrogen) atoms. The molecule has 0 radical (unpaired) electrons. The summed E-state index contributed by atoms with van der Waals surface area (Å²) in [6.45, 7) is 6.70. The highest BCUT2D eigenvalue weighted by Crippen LogP contribution is 2.18. The third-order valence-corrected chi connectivity index (χ3v) is 5.11. The average Bonchev–Trinajstić information content (AvgIpc) is 3.16. The number of hydrogen-bond acceptors (Lipinski definition) is 7. The monoisotopic (exact) mass is 421 g/mol. The maximum absolute atomic E-state index is 12.5. The molecule has 0 spiro atoms. The third-order valence-electron chi connectivity index (χ3n) is 5.11. The number of hydroxylamine groups is 2. The lowest BCUT2D eigenvalue weighted by atomic mass is 9.99. The van der Waals surface area contributed by atoms with E-state index in [4.69, 9.17) is 4.84 Å². The van der Waals surface area contributed by atoms with E-state index in [0.29, 0.717) is 11.5 Å². The number of amides is 5. The Labute approximate surface area is 174 Å². The van der Waals surface area contributed by atoms with Crippen molar-refractivity contribution in [3.05, 3.63) is 12.2 Å². The van der Waals surface area contributed by atoms with Gasteiger partial charge in [-0.1, -0.05) is 13.8 Å². The lowest BCUT2D eigenvalue weighted by Crippen LogP contribution is -2.43. The second-order valence-corrected chi connectivity index (χ2v) is 7.90. The van der Waals surface area contributed by atoms with E-state index in [1.54, 1.807) is 27.7 Å². The minimum absolute atomic E-state index is 0.0218. The molecule has 1 N–H and O–H groups in total. The van der Waals surface area contributed by atoms with Gasteiger partial charge < -0.3 is 10.2 Å². The van der Waals surface area contributed by atoms with Crippen molar-refractivity contribution in [2.24, 2.45) is 11.8 Å². The summed E-state index contributed by atoms with van der Waals surface area (Å²) in [5, 5.41) is 3.30. The fourth-order valence-corrected chi connectivity index (χ4v) is 3.48. The van der Waals surface area contributed by atoms with Crippen LogP contribution in [-0.2, 0) is 33.6 Å². The van der Waals surface area contributed by atoms with Crippen LogP contribution in [0, 0.1) is 11.8 Å². The van der Waals surface area contributed by atoms with Crippen LogP contribution in [0.2, 0.25) is 0 Å². The third kappa shape index (κ3) is 5.52. The quantitative estimate of drug-likeness (QED) is 0.535. The van der Waals surface area contributed by atoms with Gasteiger partial charge in [0.15, 0.2) is 0 Å². The molecule has 4 unspecified atom stereocenters. The van der Waals surface area contributed by atoms with Gasteiger partial charge in [-0.05, 0) is 26.7 Å². The van der Waals surface area contributed by atoms with E-state index in [-0.39, 0.29) is 31.2 Å². The van der Waals surface area contributed by atoms with Crippen LogP contribution in [0.3, 0.4) is 0 Å². The lowest BCUT2D eigenvalue weighted by Gasteiger charge is -2.26. The Morgan fingerprint density at radius 2 is 1.47 bits per heavy atom. The van der Waals surface area contributed by atoms with Crippen molar-refractivity contribution in [3.63, 3.8) is 0 Å². The number of nitrogens with zero attached hydrogens (tertiary/aromatic N) is 2. The van der Waals surface area contributed by atoms with E-state index >= 15 is 0 Å². The summed E-state index contributed by atoms with van der Waals surface area (Å²) in [5.74, 6) is -3.99. The van der Waals surface area contributed by atoms with Crippen molar-refractivity contribution < 1.29 is 33.6 Å². The first kappa shape index (κ1) is 23.2. The predicted molar refractivity (Wildman–Crippen MR) is 103 cm³/mol. The Morgan fingerprint density at radius 3 is 2.00 bits per heavy atom. The summed E-state index contributed by atoms with van der Waals surface area (Å²) < 4.78 is 0. The molecule has 0 aromatic rings. The molecule has 0 aromatic heterocycles. The van der Waals surface area contributed by atoms with E-state index < -0.39 is 47.5 Å². The molecular weight excluding hydrogens is 394 g/mol. The molecule has 10 nitrogen and oxygen atoms in total. The Bertz CT molecular complexity index is 757. The van der Waals surface area contributed by atoms with Crippen LogP contribution >= 0.6 is 0 Å². The van der Waals surface area contributed by atoms with Crippen molar-refractivity contribution in [1.82, 2.24) is 15.3 Å². The fraction of sp³-hybridized carbons (Fsp3) is 0.600. The van der Waals surface area contributed by atoms with E-state index in [2.05, 4.69) is 5.32 Å². The molecule has 164 valence electrons. The number of carbonyl (C=O) groups excluding carboxylic acids is 6. The van der Waals surface area contributed by atoms with Gasteiger partial charge in [0.2, 0.25) is 5.91 Å². The SMILES string of the molecule is CC(CC(C)C(=O)ON1C(=O)CCC1=O)NC(=O)C(C)CC(C)N1C(=O)C=CC1=O. The molecule has 0 aromatic carbocycles. The van der Waals surface area contributed by atoms with E-state index in [1.807, 2.05) is 0 Å². The first-order valence-corrected chi connectivity index (χ1v) is 9.94. The molecule has 4 atom stereocenters. The van der Waals surface area contributed by atoms with Gasteiger partial charge in [-0.2, -0.15) is 0 Å². The van der Waals surface area contributed by atoms with Crippen molar-refractivity contribution in [1.29, 1.82) is 0 Å². The van der Waals surface area contributed by atoms with Gasteiger partial charge in [0.05, 0.1) is 5.92 Å². The normalized spacial score (nSPS) is 20.4. The Kier molecular flexibility index (Phi) is 7.47. The van der Waals surface area contributed by atoms with Gasteiger partial charge in [-0.25, -0.2) is 4.79 Å². The molecule has 10 heteroatoms. The van der Waals surface area contributed by atoms with Crippen molar-refractivity contribution in [2.45, 2.75) is 65.5 Å². The molecule has 0 saturated carbocycles. The molecule has 2 aliphatic heterocycles. The molecule has 2 heterocycles. The fourth-order valence-electron chi connectivity index (χ4n) is 3.48. The van der Waals surface area contributed by atoms with Crippen LogP contribution in [0.4, 0.5) is 0 Å². The summed E-state index contributed by atoms with van der Waals surface area (Å²) in [4.78, 5) is 77.1. The molecule has 1 saturated heterocycles. The van der Waals surface area contributed by atoms with Crippen LogP contribution < -0.4 is 5.32 Å². The van der Waals surface area contributed by atoms with Crippen molar-refractivity contribution in [3.8, 4) is 0 Å². The highest BCUT2D eigenvalue weighted by atomic mass is 16.7. The molecule has 0 aliphatic carbocycles. The largest absolute Gasteiger partial charge is 0.353 e. The average molecular weight is 421 g/mol. The van der Waals surface area contributed by atoms with E-state index in [1.165, 1.54) is 12.2 Å². The first-order chi connectivity index (χ1) is 14.0. The number of imide groups is 2. The van der Waals surface area contributed by atoms with Crippen molar-refractivity contribution in [2.75, 3.05) is 0 Å². The Balaban J connectivity index is 1.79. The number of rotatable bonds is 9. The molecular formula is C20H27N3O7. The summed E-state index contributed by atoms with van der Waals surface area (Å²) in [6.07, 6.45) is 3.00. The number of carbonyl (C=O) groups is 6. The minimum atomic E-state index is -0.722. The van der Waals surface area contributed by atoms with Gasteiger partial charge >= 0.3 is 5.97 Å². The molecule has 2 aliphatic rings. The standard InChI is InChI=1S/C20H27N3O7/c1-11(10-14(4)22-15(24)5-6-16(22)25)19(28)21-13(3)9-12(2)20(29)30-23-17(26)7-8-18(23)27/h5-6,11-14H,7-10H2,1-4H3,(H,21,28). The zero-order valence-corrected chi connectivity index (χ0v) is 17.5. The summed E-state index contributed by atoms with van der Waals surface area (Å²) in [7, 11) is 0. The highest BCUT2D eigenvalue weighted by molar-refractivity contribution is 6.13.